The summed E-state index contributed by atoms with van der Waals surface area (Å²) >= 11 is 0. The number of hydrogen-bond donors (Lipinski definition) is 2. The van der Waals surface area contributed by atoms with Crippen molar-refractivity contribution >= 4 is 22.1 Å². The van der Waals surface area contributed by atoms with Crippen LogP contribution in [0.1, 0.15) is 0 Å². The Balaban J connectivity index is 1.53. The van der Waals surface area contributed by atoms with E-state index in [9.17, 15) is 4.39 Å². The van der Waals surface area contributed by atoms with Crippen LogP contribution in [-0.2, 0) is 0 Å². The number of nitrogens with one attached hydrogen (secondary N) is 2. The predicted octanol–water partition coefficient (Wildman–Crippen LogP) is 4.76. The second-order valence-electron chi connectivity index (χ2n) is 7.05. The summed E-state index contributed by atoms with van der Waals surface area (Å²) in [5.74, 6) is 0.249. The van der Waals surface area contributed by atoms with Crippen LogP contribution in [0.4, 0.5) is 4.39 Å². The summed E-state index contributed by atoms with van der Waals surface area (Å²) in [5.41, 5.74) is 5.54. The fourth-order valence-electron chi connectivity index (χ4n) is 3.73. The molecular formula is C23H14FN7. The molecule has 0 saturated carbocycles. The maximum atomic E-state index is 14.4. The number of H-pyrrole nitrogens is 2. The van der Waals surface area contributed by atoms with Gasteiger partial charge in [0.05, 0.1) is 22.9 Å². The number of aromatic nitrogens is 7. The molecule has 0 bridgehead atoms. The molecule has 6 aromatic rings. The van der Waals surface area contributed by atoms with E-state index < -0.39 is 0 Å². The summed E-state index contributed by atoms with van der Waals surface area (Å²) < 4.78 is 14.4. The molecule has 31 heavy (non-hydrogen) atoms. The van der Waals surface area contributed by atoms with Gasteiger partial charge in [-0.1, -0.05) is 24.3 Å². The average Bonchev–Trinajstić information content (AvgIpc) is 3.43. The van der Waals surface area contributed by atoms with E-state index in [-0.39, 0.29) is 5.82 Å². The Hall–Kier alpha value is -4.46. The zero-order chi connectivity index (χ0) is 20.8. The monoisotopic (exact) mass is 407 g/mol. The Morgan fingerprint density at radius 1 is 0.871 bits per heavy atom. The average molecular weight is 407 g/mol. The van der Waals surface area contributed by atoms with Crippen molar-refractivity contribution in [1.29, 1.82) is 0 Å². The molecule has 0 atom stereocenters. The Bertz CT molecular complexity index is 1550. The Morgan fingerprint density at radius 3 is 2.68 bits per heavy atom. The normalized spacial score (nSPS) is 11.4. The van der Waals surface area contributed by atoms with E-state index in [1.165, 1.54) is 6.07 Å². The van der Waals surface area contributed by atoms with E-state index in [4.69, 9.17) is 0 Å². The van der Waals surface area contributed by atoms with Crippen molar-refractivity contribution in [3.05, 3.63) is 79.1 Å². The van der Waals surface area contributed by atoms with E-state index in [1.807, 2.05) is 18.2 Å². The highest BCUT2D eigenvalue weighted by Crippen LogP contribution is 2.32. The summed E-state index contributed by atoms with van der Waals surface area (Å²) in [6.07, 6.45) is 6.64. The molecule has 8 heteroatoms. The van der Waals surface area contributed by atoms with Crippen LogP contribution in [0.5, 0.6) is 0 Å². The van der Waals surface area contributed by atoms with Gasteiger partial charge in [-0.25, -0.2) is 14.4 Å². The lowest BCUT2D eigenvalue weighted by Gasteiger charge is -2.03. The van der Waals surface area contributed by atoms with Gasteiger partial charge in [-0.05, 0) is 24.3 Å². The number of pyridine rings is 1. The quantitative estimate of drug-likeness (QED) is 0.441. The van der Waals surface area contributed by atoms with Crippen LogP contribution in [-0.4, -0.2) is 35.1 Å². The van der Waals surface area contributed by atoms with E-state index in [0.717, 1.165) is 22.2 Å². The van der Waals surface area contributed by atoms with Crippen LogP contribution >= 0.6 is 0 Å². The fourth-order valence-corrected chi connectivity index (χ4v) is 3.73. The summed E-state index contributed by atoms with van der Waals surface area (Å²) in [6.45, 7) is 0. The van der Waals surface area contributed by atoms with E-state index in [2.05, 4.69) is 35.1 Å². The predicted molar refractivity (Wildman–Crippen MR) is 115 cm³/mol. The third kappa shape index (κ3) is 2.84. The molecule has 2 aromatic carbocycles. The van der Waals surface area contributed by atoms with Crippen LogP contribution in [0, 0.1) is 5.82 Å². The first-order valence-electron chi connectivity index (χ1n) is 9.62. The van der Waals surface area contributed by atoms with Crippen LogP contribution < -0.4 is 0 Å². The molecule has 2 N–H and O–H groups in total. The molecule has 4 aromatic heterocycles. The van der Waals surface area contributed by atoms with Gasteiger partial charge in [0.2, 0.25) is 0 Å². The zero-order valence-corrected chi connectivity index (χ0v) is 16.0. The van der Waals surface area contributed by atoms with Gasteiger partial charge in [0.1, 0.15) is 11.5 Å². The lowest BCUT2D eigenvalue weighted by atomic mass is 10.1. The van der Waals surface area contributed by atoms with E-state index in [1.54, 1.807) is 49.1 Å². The number of halogens is 1. The van der Waals surface area contributed by atoms with Crippen molar-refractivity contribution in [1.82, 2.24) is 35.1 Å². The summed E-state index contributed by atoms with van der Waals surface area (Å²) in [4.78, 5) is 20.8. The Labute approximate surface area is 175 Å². The van der Waals surface area contributed by atoms with E-state index in [0.29, 0.717) is 33.8 Å². The van der Waals surface area contributed by atoms with Crippen molar-refractivity contribution in [2.45, 2.75) is 0 Å². The lowest BCUT2D eigenvalue weighted by molar-refractivity contribution is 0.631. The molecule has 0 spiro atoms. The molecule has 0 saturated heterocycles. The SMILES string of the molecule is Fc1ccccc1-c1ccnc2nc(-c3n[nH]c4ccc(-c5cnccn5)cc34)[nH]c12. The topological polar surface area (TPSA) is 96.0 Å². The molecule has 0 aliphatic rings. The van der Waals surface area contributed by atoms with Gasteiger partial charge < -0.3 is 4.98 Å². The number of rotatable bonds is 3. The Morgan fingerprint density at radius 2 is 1.81 bits per heavy atom. The second-order valence-corrected chi connectivity index (χ2v) is 7.05. The van der Waals surface area contributed by atoms with Crippen molar-refractivity contribution in [3.8, 4) is 33.9 Å². The molecule has 6 rings (SSSR count). The van der Waals surface area contributed by atoms with Crippen molar-refractivity contribution in [2.75, 3.05) is 0 Å². The van der Waals surface area contributed by atoms with Gasteiger partial charge >= 0.3 is 0 Å². The van der Waals surface area contributed by atoms with Crippen molar-refractivity contribution in [2.24, 2.45) is 0 Å². The minimum atomic E-state index is -0.301. The molecule has 7 nitrogen and oxygen atoms in total. The highest BCUT2D eigenvalue weighted by Gasteiger charge is 2.17. The number of imidazole rings is 1. The molecule has 0 unspecified atom stereocenters. The standard InChI is InChI=1S/C23H14FN7/c24-17-4-2-1-3-14(17)15-7-8-27-22-20(15)28-23(29-22)21-16-11-13(5-6-18(16)30-31-21)19-12-25-9-10-26-19/h1-12H,(H,30,31)(H,27,28,29). The number of fused-ring (bicyclic) bond motifs is 2. The van der Waals surface area contributed by atoms with Crippen LogP contribution in [0.25, 0.3) is 56.0 Å². The minimum Gasteiger partial charge on any atom is -0.335 e. The lowest BCUT2D eigenvalue weighted by Crippen LogP contribution is -1.87. The van der Waals surface area contributed by atoms with Gasteiger partial charge in [-0.3, -0.25) is 15.1 Å². The van der Waals surface area contributed by atoms with Crippen LogP contribution in [0.2, 0.25) is 0 Å². The first-order valence-corrected chi connectivity index (χ1v) is 9.62. The number of benzene rings is 2. The fraction of sp³-hybridized carbons (Fsp3) is 0. The highest BCUT2D eigenvalue weighted by atomic mass is 19.1. The first kappa shape index (κ1) is 17.4. The minimum absolute atomic E-state index is 0.301. The van der Waals surface area contributed by atoms with Crippen molar-refractivity contribution in [3.63, 3.8) is 0 Å². The molecule has 0 aliphatic carbocycles. The summed E-state index contributed by atoms with van der Waals surface area (Å²) in [7, 11) is 0. The molecule has 4 heterocycles. The van der Waals surface area contributed by atoms with Gasteiger partial charge in [0.25, 0.3) is 0 Å². The Kier molecular flexibility index (Phi) is 3.82. The second kappa shape index (κ2) is 6.81. The van der Waals surface area contributed by atoms with Crippen LogP contribution in [0.15, 0.2) is 73.3 Å². The third-order valence-electron chi connectivity index (χ3n) is 5.20. The van der Waals surface area contributed by atoms with Crippen molar-refractivity contribution < 1.29 is 4.39 Å². The molecule has 0 fully saturated rings. The maximum absolute atomic E-state index is 14.4. The van der Waals surface area contributed by atoms with Gasteiger partial charge in [-0.15, -0.1) is 0 Å². The number of nitrogens with zero attached hydrogens (tertiary/aromatic N) is 5. The van der Waals surface area contributed by atoms with Gasteiger partial charge in [0.15, 0.2) is 11.5 Å². The molecule has 0 radical (unpaired) electrons. The van der Waals surface area contributed by atoms with Crippen LogP contribution in [0.3, 0.4) is 0 Å². The number of aromatic amines is 2. The van der Waals surface area contributed by atoms with E-state index >= 15 is 0 Å². The summed E-state index contributed by atoms with van der Waals surface area (Å²) in [5, 5.41) is 8.38. The smallest absolute Gasteiger partial charge is 0.178 e. The zero-order valence-electron chi connectivity index (χ0n) is 16.0. The third-order valence-corrected chi connectivity index (χ3v) is 5.20. The largest absolute Gasteiger partial charge is 0.335 e. The number of hydrogen-bond acceptors (Lipinski definition) is 5. The first-order chi connectivity index (χ1) is 15.3. The molecular weight excluding hydrogens is 393 g/mol. The molecule has 0 amide bonds. The molecule has 0 aliphatic heterocycles. The maximum Gasteiger partial charge on any atom is 0.178 e. The summed E-state index contributed by atoms with van der Waals surface area (Å²) in [6, 6.07) is 14.3. The molecule has 148 valence electrons. The van der Waals surface area contributed by atoms with Gasteiger partial charge in [0, 0.05) is 40.7 Å². The van der Waals surface area contributed by atoms with Gasteiger partial charge in [-0.2, -0.15) is 5.10 Å². The highest BCUT2D eigenvalue weighted by molar-refractivity contribution is 5.97.